The van der Waals surface area contributed by atoms with Gasteiger partial charge in [0.15, 0.2) is 0 Å². The molecule has 0 aliphatic carbocycles. The maximum Gasteiger partial charge on any atom is 0.315 e. The quantitative estimate of drug-likeness (QED) is 0.288. The first-order valence-corrected chi connectivity index (χ1v) is 11.7. The number of hydrogen-bond acceptors (Lipinski definition) is 3. The highest BCUT2D eigenvalue weighted by Crippen LogP contribution is 2.15. The van der Waals surface area contributed by atoms with E-state index in [1.54, 1.807) is 0 Å². The summed E-state index contributed by atoms with van der Waals surface area (Å²) in [6.45, 7) is 1.44. The van der Waals surface area contributed by atoms with Crippen molar-refractivity contribution in [3.8, 4) is 0 Å². The second-order valence-electron chi connectivity index (χ2n) is 8.49. The van der Waals surface area contributed by atoms with E-state index in [9.17, 15) is 9.90 Å². The number of carbonyl (C=O) groups excluding carboxylic acids is 1. The Morgan fingerprint density at radius 2 is 1.35 bits per heavy atom. The van der Waals surface area contributed by atoms with Crippen LogP contribution in [-0.2, 0) is 19.5 Å². The van der Waals surface area contributed by atoms with Crippen LogP contribution in [0.4, 0.5) is 4.79 Å². The van der Waals surface area contributed by atoms with Crippen molar-refractivity contribution in [3.05, 3.63) is 120 Å². The van der Waals surface area contributed by atoms with Crippen LogP contribution in [0.3, 0.4) is 0 Å². The predicted molar refractivity (Wildman–Crippen MR) is 137 cm³/mol. The standard InChI is InChI=1S/C29H31N3O2/c33-28(21-30-19-24-15-16-25-13-7-8-14-26(25)17-24)27(18-22-9-3-1-4-10-22)32-29(34)31-20-23-11-5-2-6-12-23/h1-17,27-28,30,33H,18-21H2,(H2,31,32,34). The number of nitrogens with one attached hydrogen (secondary N) is 3. The molecule has 0 aromatic heterocycles. The zero-order valence-corrected chi connectivity index (χ0v) is 19.2. The molecule has 4 rings (SSSR count). The molecule has 0 radical (unpaired) electrons. The predicted octanol–water partition coefficient (Wildman–Crippen LogP) is 4.40. The number of aliphatic hydroxyl groups is 1. The summed E-state index contributed by atoms with van der Waals surface area (Å²) in [5.74, 6) is 0. The molecule has 34 heavy (non-hydrogen) atoms. The van der Waals surface area contributed by atoms with Gasteiger partial charge in [0.1, 0.15) is 0 Å². The second kappa shape index (κ2) is 12.0. The molecule has 0 aliphatic heterocycles. The fraction of sp³-hybridized carbons (Fsp3) is 0.207. The number of amides is 2. The molecule has 4 aromatic rings. The van der Waals surface area contributed by atoms with Gasteiger partial charge in [-0.3, -0.25) is 0 Å². The minimum atomic E-state index is -0.747. The van der Waals surface area contributed by atoms with Gasteiger partial charge in [-0.15, -0.1) is 0 Å². The Kier molecular flexibility index (Phi) is 8.27. The zero-order chi connectivity index (χ0) is 23.6. The van der Waals surface area contributed by atoms with E-state index in [2.05, 4.69) is 46.3 Å². The van der Waals surface area contributed by atoms with Gasteiger partial charge in [-0.2, -0.15) is 0 Å². The molecule has 174 valence electrons. The van der Waals surface area contributed by atoms with Crippen molar-refractivity contribution in [1.82, 2.24) is 16.0 Å². The Balaban J connectivity index is 1.34. The summed E-state index contributed by atoms with van der Waals surface area (Å²) in [5.41, 5.74) is 3.23. The van der Waals surface area contributed by atoms with Crippen LogP contribution in [0.25, 0.3) is 10.8 Å². The molecular weight excluding hydrogens is 422 g/mol. The molecule has 0 aliphatic rings. The summed E-state index contributed by atoms with van der Waals surface area (Å²) < 4.78 is 0. The Bertz CT molecular complexity index is 1180. The van der Waals surface area contributed by atoms with Gasteiger partial charge in [-0.05, 0) is 39.9 Å². The SMILES string of the molecule is O=C(NCc1ccccc1)NC(Cc1ccccc1)C(O)CNCc1ccc2ccccc2c1. The lowest BCUT2D eigenvalue weighted by Crippen LogP contribution is -2.51. The first-order valence-electron chi connectivity index (χ1n) is 11.7. The average Bonchev–Trinajstić information content (AvgIpc) is 2.88. The monoisotopic (exact) mass is 453 g/mol. The second-order valence-corrected chi connectivity index (χ2v) is 8.49. The molecule has 0 heterocycles. The molecule has 2 unspecified atom stereocenters. The van der Waals surface area contributed by atoms with E-state index in [-0.39, 0.29) is 6.03 Å². The third-order valence-electron chi connectivity index (χ3n) is 5.87. The fourth-order valence-electron chi connectivity index (χ4n) is 4.00. The Morgan fingerprint density at radius 1 is 0.706 bits per heavy atom. The maximum absolute atomic E-state index is 12.6. The van der Waals surface area contributed by atoms with Crippen LogP contribution < -0.4 is 16.0 Å². The number of aliphatic hydroxyl groups excluding tert-OH is 1. The maximum atomic E-state index is 12.6. The van der Waals surface area contributed by atoms with E-state index < -0.39 is 12.1 Å². The molecule has 5 nitrogen and oxygen atoms in total. The van der Waals surface area contributed by atoms with Gasteiger partial charge in [0.25, 0.3) is 0 Å². The lowest BCUT2D eigenvalue weighted by Gasteiger charge is -2.25. The van der Waals surface area contributed by atoms with E-state index in [1.807, 2.05) is 72.8 Å². The van der Waals surface area contributed by atoms with Crippen molar-refractivity contribution < 1.29 is 9.90 Å². The first-order chi connectivity index (χ1) is 16.7. The molecule has 0 bridgehead atoms. The lowest BCUT2D eigenvalue weighted by atomic mass is 10.0. The van der Waals surface area contributed by atoms with Crippen LogP contribution in [0.1, 0.15) is 16.7 Å². The molecule has 0 saturated carbocycles. The van der Waals surface area contributed by atoms with Crippen molar-refractivity contribution in [3.63, 3.8) is 0 Å². The summed E-state index contributed by atoms with van der Waals surface area (Å²) >= 11 is 0. The smallest absolute Gasteiger partial charge is 0.315 e. The van der Waals surface area contributed by atoms with Gasteiger partial charge in [0.05, 0.1) is 12.1 Å². The van der Waals surface area contributed by atoms with Gasteiger partial charge < -0.3 is 21.1 Å². The number of fused-ring (bicyclic) bond motifs is 1. The number of urea groups is 1. The number of hydrogen-bond donors (Lipinski definition) is 4. The van der Waals surface area contributed by atoms with Gasteiger partial charge >= 0.3 is 6.03 Å². The zero-order valence-electron chi connectivity index (χ0n) is 19.2. The van der Waals surface area contributed by atoms with E-state index in [0.717, 1.165) is 16.7 Å². The molecule has 2 amide bonds. The number of carbonyl (C=O) groups is 1. The van der Waals surface area contributed by atoms with Crippen LogP contribution in [0.2, 0.25) is 0 Å². The molecular formula is C29H31N3O2. The van der Waals surface area contributed by atoms with Crippen molar-refractivity contribution in [2.75, 3.05) is 6.54 Å². The normalized spacial score (nSPS) is 12.7. The Labute approximate surface area is 200 Å². The van der Waals surface area contributed by atoms with E-state index in [4.69, 9.17) is 0 Å². The van der Waals surface area contributed by atoms with Crippen molar-refractivity contribution in [2.45, 2.75) is 31.7 Å². The fourth-order valence-corrected chi connectivity index (χ4v) is 4.00. The van der Waals surface area contributed by atoms with E-state index >= 15 is 0 Å². The molecule has 0 fully saturated rings. The topological polar surface area (TPSA) is 73.4 Å². The third kappa shape index (κ3) is 6.91. The van der Waals surface area contributed by atoms with Crippen LogP contribution in [0.15, 0.2) is 103 Å². The van der Waals surface area contributed by atoms with Gasteiger partial charge in [0, 0.05) is 19.6 Å². The summed E-state index contributed by atoms with van der Waals surface area (Å²) in [6.07, 6.45) is -0.207. The highest BCUT2D eigenvalue weighted by Gasteiger charge is 2.21. The van der Waals surface area contributed by atoms with Crippen molar-refractivity contribution in [2.24, 2.45) is 0 Å². The van der Waals surface area contributed by atoms with Crippen LogP contribution >= 0.6 is 0 Å². The Morgan fingerprint density at radius 3 is 2.09 bits per heavy atom. The van der Waals surface area contributed by atoms with Crippen LogP contribution in [-0.4, -0.2) is 29.8 Å². The van der Waals surface area contributed by atoms with E-state index in [0.29, 0.717) is 26.1 Å². The number of rotatable bonds is 10. The molecule has 2 atom stereocenters. The van der Waals surface area contributed by atoms with E-state index in [1.165, 1.54) is 10.8 Å². The summed E-state index contributed by atoms with van der Waals surface area (Å²) in [6, 6.07) is 33.6. The van der Waals surface area contributed by atoms with Crippen LogP contribution in [0, 0.1) is 0 Å². The highest BCUT2D eigenvalue weighted by molar-refractivity contribution is 5.83. The molecule has 4 N–H and O–H groups in total. The summed E-state index contributed by atoms with van der Waals surface area (Å²) in [7, 11) is 0. The molecule has 5 heteroatoms. The highest BCUT2D eigenvalue weighted by atomic mass is 16.3. The van der Waals surface area contributed by atoms with Crippen molar-refractivity contribution in [1.29, 1.82) is 0 Å². The van der Waals surface area contributed by atoms with Gasteiger partial charge in [-0.25, -0.2) is 4.79 Å². The minimum Gasteiger partial charge on any atom is -0.390 e. The van der Waals surface area contributed by atoms with Gasteiger partial charge in [-0.1, -0.05) is 97.1 Å². The lowest BCUT2D eigenvalue weighted by molar-refractivity contribution is 0.126. The molecule has 0 saturated heterocycles. The van der Waals surface area contributed by atoms with Crippen molar-refractivity contribution >= 4 is 16.8 Å². The summed E-state index contributed by atoms with van der Waals surface area (Å²) in [5, 5.41) is 22.6. The Hall–Kier alpha value is -3.67. The van der Waals surface area contributed by atoms with Gasteiger partial charge in [0.2, 0.25) is 0 Å². The summed E-state index contributed by atoms with van der Waals surface area (Å²) in [4.78, 5) is 12.6. The first kappa shape index (κ1) is 23.5. The molecule has 0 spiro atoms. The van der Waals surface area contributed by atoms with Crippen LogP contribution in [0.5, 0.6) is 0 Å². The molecule has 4 aromatic carbocycles. The number of benzene rings is 4. The average molecular weight is 454 g/mol. The minimum absolute atomic E-state index is 0.293. The third-order valence-corrected chi connectivity index (χ3v) is 5.87. The largest absolute Gasteiger partial charge is 0.390 e.